The molecule has 6 nitrogen and oxygen atoms in total. The van der Waals surface area contributed by atoms with Crippen LogP contribution in [0.1, 0.15) is 42.5 Å². The van der Waals surface area contributed by atoms with E-state index in [1.807, 2.05) is 19.0 Å². The maximum atomic E-state index is 13.2. The zero-order chi connectivity index (χ0) is 19.0. The van der Waals surface area contributed by atoms with E-state index >= 15 is 0 Å². The van der Waals surface area contributed by atoms with E-state index < -0.39 is 5.41 Å². The number of carbonyl (C=O) groups excluding carboxylic acids is 2. The number of fused-ring (bicyclic) bond motifs is 1. The van der Waals surface area contributed by atoms with Gasteiger partial charge in [-0.05, 0) is 25.0 Å². The molecule has 0 unspecified atom stereocenters. The lowest BCUT2D eigenvalue weighted by atomic mass is 9.79. The minimum Gasteiger partial charge on any atom is -0.348 e. The summed E-state index contributed by atoms with van der Waals surface area (Å²) < 4.78 is 0. The van der Waals surface area contributed by atoms with Crippen LogP contribution in [0.4, 0.5) is 0 Å². The smallest absolute Gasteiger partial charge is 0.254 e. The van der Waals surface area contributed by atoms with Crippen LogP contribution in [0.2, 0.25) is 0 Å². The number of rotatable bonds is 3. The quantitative estimate of drug-likeness (QED) is 0.815. The molecule has 0 radical (unpaired) electrons. The Hall–Kier alpha value is -1.95. The average Bonchev–Trinajstić information content (AvgIpc) is 3.23. The van der Waals surface area contributed by atoms with E-state index in [2.05, 4.69) is 9.88 Å². The van der Waals surface area contributed by atoms with Crippen molar-refractivity contribution < 1.29 is 9.59 Å². The van der Waals surface area contributed by atoms with E-state index in [1.54, 1.807) is 29.4 Å². The van der Waals surface area contributed by atoms with Gasteiger partial charge in [0.05, 0.1) is 5.41 Å². The third-order valence-corrected chi connectivity index (χ3v) is 6.77. The summed E-state index contributed by atoms with van der Waals surface area (Å²) in [6.07, 6.45) is 9.73. The molecule has 0 bridgehead atoms. The second-order valence-electron chi connectivity index (χ2n) is 8.70. The number of hydrogen-bond donors (Lipinski definition) is 0. The molecule has 6 heteroatoms. The Morgan fingerprint density at radius 1 is 1.07 bits per heavy atom. The molecule has 146 valence electrons. The molecule has 3 heterocycles. The highest BCUT2D eigenvalue weighted by atomic mass is 16.2. The summed E-state index contributed by atoms with van der Waals surface area (Å²) in [5.74, 6) is 0.415. The number of pyridine rings is 1. The Morgan fingerprint density at radius 2 is 1.78 bits per heavy atom. The molecule has 0 aromatic carbocycles. The zero-order valence-corrected chi connectivity index (χ0v) is 16.4. The van der Waals surface area contributed by atoms with E-state index in [0.717, 1.165) is 13.1 Å². The molecule has 4 rings (SSSR count). The standard InChI is InChI=1S/C21H30N4O2/c1-23(2)20(27)21-14-24(18-6-4-3-5-7-18)12-17(21)13-25(15-21)19(26)16-8-10-22-11-9-16/h8-11,17-18H,3-7,12-15H2,1-2H3/t17-,21-/m1/s1. The van der Waals surface area contributed by atoms with Gasteiger partial charge < -0.3 is 9.80 Å². The van der Waals surface area contributed by atoms with Crippen molar-refractivity contribution in [3.05, 3.63) is 30.1 Å². The van der Waals surface area contributed by atoms with Crippen molar-refractivity contribution in [2.45, 2.75) is 38.1 Å². The first-order valence-electron chi connectivity index (χ1n) is 10.2. The van der Waals surface area contributed by atoms with Gasteiger partial charge >= 0.3 is 0 Å². The molecule has 1 aromatic heterocycles. The van der Waals surface area contributed by atoms with Crippen LogP contribution in [0.15, 0.2) is 24.5 Å². The molecule has 0 spiro atoms. The predicted octanol–water partition coefficient (Wildman–Crippen LogP) is 1.88. The Bertz CT molecular complexity index is 701. The van der Waals surface area contributed by atoms with Crippen LogP contribution in [0.3, 0.4) is 0 Å². The molecule has 1 aliphatic carbocycles. The van der Waals surface area contributed by atoms with Crippen molar-refractivity contribution in [2.75, 3.05) is 40.3 Å². The normalized spacial score (nSPS) is 29.0. The van der Waals surface area contributed by atoms with Crippen LogP contribution in [0, 0.1) is 11.3 Å². The van der Waals surface area contributed by atoms with Crippen LogP contribution in [0.25, 0.3) is 0 Å². The minimum absolute atomic E-state index is 0.0157. The monoisotopic (exact) mass is 370 g/mol. The van der Waals surface area contributed by atoms with Gasteiger partial charge in [0.15, 0.2) is 0 Å². The van der Waals surface area contributed by atoms with Crippen LogP contribution < -0.4 is 0 Å². The third-order valence-electron chi connectivity index (χ3n) is 6.77. The summed E-state index contributed by atoms with van der Waals surface area (Å²) in [4.78, 5) is 36.4. The molecule has 0 N–H and O–H groups in total. The van der Waals surface area contributed by atoms with E-state index in [4.69, 9.17) is 0 Å². The molecule has 27 heavy (non-hydrogen) atoms. The van der Waals surface area contributed by atoms with E-state index in [9.17, 15) is 9.59 Å². The SMILES string of the molecule is CN(C)C(=O)[C@]12CN(C(=O)c3ccncc3)C[C@H]1CN(C1CCCCC1)C2. The second kappa shape index (κ2) is 7.23. The Balaban J connectivity index is 1.56. The van der Waals surface area contributed by atoms with Gasteiger partial charge in [-0.1, -0.05) is 19.3 Å². The van der Waals surface area contributed by atoms with Crippen LogP contribution in [-0.2, 0) is 4.79 Å². The summed E-state index contributed by atoms with van der Waals surface area (Å²) in [6, 6.07) is 4.12. The molecule has 2 aliphatic heterocycles. The second-order valence-corrected chi connectivity index (χ2v) is 8.70. The Kier molecular flexibility index (Phi) is 4.93. The van der Waals surface area contributed by atoms with Crippen LogP contribution in [0.5, 0.6) is 0 Å². The van der Waals surface area contributed by atoms with Crippen molar-refractivity contribution >= 4 is 11.8 Å². The first-order valence-corrected chi connectivity index (χ1v) is 10.2. The fraction of sp³-hybridized carbons (Fsp3) is 0.667. The number of nitrogens with zero attached hydrogens (tertiary/aromatic N) is 4. The van der Waals surface area contributed by atoms with Gasteiger partial charge in [-0.3, -0.25) is 19.5 Å². The molecular formula is C21H30N4O2. The molecule has 1 saturated carbocycles. The van der Waals surface area contributed by atoms with Crippen molar-refractivity contribution in [3.8, 4) is 0 Å². The van der Waals surface area contributed by atoms with Crippen molar-refractivity contribution in [3.63, 3.8) is 0 Å². The zero-order valence-electron chi connectivity index (χ0n) is 16.4. The van der Waals surface area contributed by atoms with Gasteiger partial charge in [0.2, 0.25) is 5.91 Å². The number of carbonyl (C=O) groups is 2. The van der Waals surface area contributed by atoms with E-state index in [1.165, 1.54) is 32.1 Å². The minimum atomic E-state index is -0.455. The van der Waals surface area contributed by atoms with Gasteiger partial charge in [0, 0.05) is 70.2 Å². The first-order chi connectivity index (χ1) is 13.0. The average molecular weight is 370 g/mol. The number of likely N-dealkylation sites (tertiary alicyclic amines) is 2. The molecule has 2 amide bonds. The van der Waals surface area contributed by atoms with Crippen molar-refractivity contribution in [2.24, 2.45) is 11.3 Å². The molecular weight excluding hydrogens is 340 g/mol. The van der Waals surface area contributed by atoms with Gasteiger partial charge in [0.25, 0.3) is 5.91 Å². The molecule has 2 atom stereocenters. The highest BCUT2D eigenvalue weighted by molar-refractivity contribution is 5.95. The third kappa shape index (κ3) is 3.24. The summed E-state index contributed by atoms with van der Waals surface area (Å²) in [7, 11) is 3.68. The van der Waals surface area contributed by atoms with Crippen molar-refractivity contribution in [1.29, 1.82) is 0 Å². The number of aromatic nitrogens is 1. The van der Waals surface area contributed by atoms with Gasteiger partial charge in [-0.15, -0.1) is 0 Å². The van der Waals surface area contributed by atoms with E-state index in [0.29, 0.717) is 24.7 Å². The van der Waals surface area contributed by atoms with Crippen LogP contribution in [-0.4, -0.2) is 77.8 Å². The largest absolute Gasteiger partial charge is 0.348 e. The fourth-order valence-electron chi connectivity index (χ4n) is 5.41. The van der Waals surface area contributed by atoms with Crippen LogP contribution >= 0.6 is 0 Å². The summed E-state index contributed by atoms with van der Waals surface area (Å²) in [5.41, 5.74) is 0.199. The van der Waals surface area contributed by atoms with Gasteiger partial charge in [-0.2, -0.15) is 0 Å². The van der Waals surface area contributed by atoms with Gasteiger partial charge in [0.1, 0.15) is 0 Å². The van der Waals surface area contributed by atoms with Gasteiger partial charge in [-0.25, -0.2) is 0 Å². The summed E-state index contributed by atoms with van der Waals surface area (Å²) in [5, 5.41) is 0. The lowest BCUT2D eigenvalue weighted by Gasteiger charge is -2.35. The number of amides is 2. The first kappa shape index (κ1) is 18.4. The lowest BCUT2D eigenvalue weighted by Crippen LogP contribution is -2.48. The fourth-order valence-corrected chi connectivity index (χ4v) is 5.41. The summed E-state index contributed by atoms with van der Waals surface area (Å²) in [6.45, 7) is 2.92. The number of hydrogen-bond acceptors (Lipinski definition) is 4. The molecule has 2 saturated heterocycles. The topological polar surface area (TPSA) is 56.8 Å². The maximum Gasteiger partial charge on any atom is 0.254 e. The van der Waals surface area contributed by atoms with E-state index in [-0.39, 0.29) is 17.7 Å². The van der Waals surface area contributed by atoms with Crippen molar-refractivity contribution in [1.82, 2.24) is 19.7 Å². The highest BCUT2D eigenvalue weighted by Crippen LogP contribution is 2.45. The summed E-state index contributed by atoms with van der Waals surface area (Å²) >= 11 is 0. The lowest BCUT2D eigenvalue weighted by molar-refractivity contribution is -0.139. The molecule has 3 aliphatic rings. The molecule has 3 fully saturated rings. The molecule has 1 aromatic rings. The predicted molar refractivity (Wildman–Crippen MR) is 103 cm³/mol. The Labute approximate surface area is 161 Å². The highest BCUT2D eigenvalue weighted by Gasteiger charge is 2.59. The maximum absolute atomic E-state index is 13.2. The Morgan fingerprint density at radius 3 is 2.44 bits per heavy atom.